The highest BCUT2D eigenvalue weighted by Gasteiger charge is 2.32. The van der Waals surface area contributed by atoms with E-state index in [1.54, 1.807) is 45.0 Å². The summed E-state index contributed by atoms with van der Waals surface area (Å²) in [4.78, 5) is 12.0. The quantitative estimate of drug-likeness (QED) is 0.848. The van der Waals surface area contributed by atoms with Crippen LogP contribution in [0.15, 0.2) is 48.5 Å². The molecule has 0 aliphatic carbocycles. The smallest absolute Gasteiger partial charge is 0.407 e. The van der Waals surface area contributed by atoms with E-state index >= 15 is 0 Å². The number of aryl methyl sites for hydroxylation is 1. The van der Waals surface area contributed by atoms with E-state index in [0.717, 1.165) is 5.56 Å². The zero-order valence-electron chi connectivity index (χ0n) is 15.0. The van der Waals surface area contributed by atoms with E-state index < -0.39 is 17.3 Å². The van der Waals surface area contributed by atoms with Crippen molar-refractivity contribution in [3.05, 3.63) is 70.2 Å². The normalized spacial score (nSPS) is 13.8. The maximum atomic E-state index is 12.0. The van der Waals surface area contributed by atoms with E-state index in [1.807, 2.05) is 31.2 Å². The molecule has 134 valence electrons. The summed E-state index contributed by atoms with van der Waals surface area (Å²) < 4.78 is 5.26. The summed E-state index contributed by atoms with van der Waals surface area (Å²) in [6.07, 6.45) is -0.577. The van der Waals surface area contributed by atoms with E-state index in [-0.39, 0.29) is 6.54 Å². The highest BCUT2D eigenvalue weighted by Crippen LogP contribution is 2.30. The van der Waals surface area contributed by atoms with E-state index in [4.69, 9.17) is 16.3 Å². The Morgan fingerprint density at radius 2 is 1.52 bits per heavy atom. The van der Waals surface area contributed by atoms with Gasteiger partial charge in [0, 0.05) is 5.02 Å². The Morgan fingerprint density at radius 1 is 1.04 bits per heavy atom. The van der Waals surface area contributed by atoms with Gasteiger partial charge >= 0.3 is 6.09 Å². The van der Waals surface area contributed by atoms with Crippen molar-refractivity contribution in [2.24, 2.45) is 0 Å². The van der Waals surface area contributed by atoms with Crippen molar-refractivity contribution in [2.75, 3.05) is 6.54 Å². The molecule has 0 bridgehead atoms. The average Bonchev–Trinajstić information content (AvgIpc) is 2.52. The van der Waals surface area contributed by atoms with Gasteiger partial charge in [0.25, 0.3) is 0 Å². The summed E-state index contributed by atoms with van der Waals surface area (Å²) in [6.45, 7) is 7.32. The molecule has 2 N–H and O–H groups in total. The van der Waals surface area contributed by atoms with Gasteiger partial charge in [-0.1, -0.05) is 53.6 Å². The van der Waals surface area contributed by atoms with Gasteiger partial charge in [-0.25, -0.2) is 4.79 Å². The van der Waals surface area contributed by atoms with Gasteiger partial charge in [-0.2, -0.15) is 0 Å². The van der Waals surface area contributed by atoms with Crippen LogP contribution in [0, 0.1) is 6.92 Å². The number of rotatable bonds is 4. The monoisotopic (exact) mass is 361 g/mol. The van der Waals surface area contributed by atoms with E-state index in [9.17, 15) is 9.90 Å². The summed E-state index contributed by atoms with van der Waals surface area (Å²) in [7, 11) is 0. The maximum absolute atomic E-state index is 12.0. The molecule has 0 aliphatic rings. The standard InChI is InChI=1S/C20H24ClNO3/c1-14-5-7-15(8-6-14)20(24,16-9-11-17(21)12-10-16)13-22-18(23)25-19(2,3)4/h5-12,24H,13H2,1-4H3,(H,22,23). The van der Waals surface area contributed by atoms with Crippen LogP contribution in [0.2, 0.25) is 5.02 Å². The van der Waals surface area contributed by atoms with Crippen molar-refractivity contribution in [2.45, 2.75) is 38.9 Å². The number of benzene rings is 2. The summed E-state index contributed by atoms with van der Waals surface area (Å²) >= 11 is 5.96. The lowest BCUT2D eigenvalue weighted by atomic mass is 9.86. The van der Waals surface area contributed by atoms with Crippen molar-refractivity contribution in [1.82, 2.24) is 5.32 Å². The fraction of sp³-hybridized carbons (Fsp3) is 0.350. The van der Waals surface area contributed by atoms with Crippen LogP contribution in [0.5, 0.6) is 0 Å². The van der Waals surface area contributed by atoms with Crippen molar-refractivity contribution in [3.8, 4) is 0 Å². The molecule has 0 aromatic heterocycles. The van der Waals surface area contributed by atoms with Gasteiger partial charge in [0.15, 0.2) is 0 Å². The summed E-state index contributed by atoms with van der Waals surface area (Å²) in [5.41, 5.74) is 0.400. The minimum Gasteiger partial charge on any atom is -0.444 e. The fourth-order valence-corrected chi connectivity index (χ4v) is 2.57. The highest BCUT2D eigenvalue weighted by molar-refractivity contribution is 6.30. The van der Waals surface area contributed by atoms with Gasteiger partial charge in [0.1, 0.15) is 11.2 Å². The topological polar surface area (TPSA) is 58.6 Å². The van der Waals surface area contributed by atoms with Crippen LogP contribution in [-0.4, -0.2) is 23.3 Å². The zero-order valence-corrected chi connectivity index (χ0v) is 15.7. The lowest BCUT2D eigenvalue weighted by Gasteiger charge is -2.30. The number of carbonyl (C=O) groups excluding carboxylic acids is 1. The van der Waals surface area contributed by atoms with E-state index in [0.29, 0.717) is 16.1 Å². The van der Waals surface area contributed by atoms with Crippen LogP contribution in [0.4, 0.5) is 4.79 Å². The minimum atomic E-state index is -1.39. The van der Waals surface area contributed by atoms with Crippen LogP contribution < -0.4 is 5.32 Å². The van der Waals surface area contributed by atoms with Gasteiger partial charge in [0.05, 0.1) is 6.54 Å². The molecule has 2 aromatic rings. The molecule has 5 heteroatoms. The van der Waals surface area contributed by atoms with Gasteiger partial charge in [-0.05, 0) is 51.0 Å². The number of alkyl carbamates (subject to hydrolysis) is 1. The molecule has 1 atom stereocenters. The second-order valence-corrected chi connectivity index (χ2v) is 7.53. The fourth-order valence-electron chi connectivity index (χ4n) is 2.44. The second kappa shape index (κ2) is 7.46. The zero-order chi connectivity index (χ0) is 18.7. The number of halogens is 1. The number of hydrogen-bond donors (Lipinski definition) is 2. The first kappa shape index (κ1) is 19.3. The number of aliphatic hydroxyl groups is 1. The molecule has 25 heavy (non-hydrogen) atoms. The Kier molecular flexibility index (Phi) is 5.76. The predicted molar refractivity (Wildman–Crippen MR) is 99.9 cm³/mol. The molecule has 0 spiro atoms. The second-order valence-electron chi connectivity index (χ2n) is 7.09. The van der Waals surface area contributed by atoms with Gasteiger partial charge in [-0.15, -0.1) is 0 Å². The van der Waals surface area contributed by atoms with Crippen LogP contribution >= 0.6 is 11.6 Å². The molecule has 0 radical (unpaired) electrons. The predicted octanol–water partition coefficient (Wildman–Crippen LogP) is 4.41. The van der Waals surface area contributed by atoms with Crippen molar-refractivity contribution < 1.29 is 14.6 Å². The molecule has 1 unspecified atom stereocenters. The van der Waals surface area contributed by atoms with Gasteiger partial charge in [-0.3, -0.25) is 0 Å². The number of carbonyl (C=O) groups is 1. The molecule has 0 heterocycles. The van der Waals surface area contributed by atoms with Crippen LogP contribution in [0.25, 0.3) is 0 Å². The van der Waals surface area contributed by atoms with Crippen LogP contribution in [0.3, 0.4) is 0 Å². The third-order valence-electron chi connectivity index (χ3n) is 3.74. The molecular formula is C20H24ClNO3. The molecule has 0 fully saturated rings. The first-order chi connectivity index (χ1) is 11.6. The molecule has 0 aliphatic heterocycles. The minimum absolute atomic E-state index is 0.0212. The van der Waals surface area contributed by atoms with E-state index in [1.165, 1.54) is 0 Å². The van der Waals surface area contributed by atoms with Crippen molar-refractivity contribution >= 4 is 17.7 Å². The highest BCUT2D eigenvalue weighted by atomic mass is 35.5. The number of amides is 1. The molecule has 0 saturated carbocycles. The Hall–Kier alpha value is -2.04. The van der Waals surface area contributed by atoms with Gasteiger partial charge in [0.2, 0.25) is 0 Å². The molecule has 2 rings (SSSR count). The molecule has 1 amide bonds. The van der Waals surface area contributed by atoms with Crippen LogP contribution in [-0.2, 0) is 10.3 Å². The maximum Gasteiger partial charge on any atom is 0.407 e. The SMILES string of the molecule is Cc1ccc(C(O)(CNC(=O)OC(C)(C)C)c2ccc(Cl)cc2)cc1. The third kappa shape index (κ3) is 5.21. The third-order valence-corrected chi connectivity index (χ3v) is 3.99. The Bertz CT molecular complexity index is 673. The Labute approximate surface area is 153 Å². The van der Waals surface area contributed by atoms with Crippen molar-refractivity contribution in [1.29, 1.82) is 0 Å². The largest absolute Gasteiger partial charge is 0.444 e. The summed E-state index contributed by atoms with van der Waals surface area (Å²) in [6, 6.07) is 14.5. The van der Waals surface area contributed by atoms with Crippen LogP contribution in [0.1, 0.15) is 37.5 Å². The van der Waals surface area contributed by atoms with Gasteiger partial charge < -0.3 is 15.2 Å². The number of ether oxygens (including phenoxy) is 1. The number of nitrogens with one attached hydrogen (secondary N) is 1. The molecule has 4 nitrogen and oxygen atoms in total. The lowest BCUT2D eigenvalue weighted by Crippen LogP contribution is -2.43. The first-order valence-corrected chi connectivity index (χ1v) is 8.50. The first-order valence-electron chi connectivity index (χ1n) is 8.12. The average molecular weight is 362 g/mol. The van der Waals surface area contributed by atoms with E-state index in [2.05, 4.69) is 5.32 Å². The molecular weight excluding hydrogens is 338 g/mol. The Morgan fingerprint density at radius 3 is 2.00 bits per heavy atom. The molecule has 0 saturated heterocycles. The molecule has 2 aromatic carbocycles. The summed E-state index contributed by atoms with van der Waals surface area (Å²) in [5, 5.41) is 14.6. The Balaban J connectivity index is 2.30. The number of hydrogen-bond acceptors (Lipinski definition) is 3. The lowest BCUT2D eigenvalue weighted by molar-refractivity contribution is 0.0393. The summed E-state index contributed by atoms with van der Waals surface area (Å²) in [5.74, 6) is 0. The van der Waals surface area contributed by atoms with Crippen molar-refractivity contribution in [3.63, 3.8) is 0 Å².